The standard InChI is InChI=1S/C16H19ClN4O2S/c1-9-6-23-7-10(2)21(9)16(22)20-4-3-11-12(5-20)24-15-13(11)14(17)18-8-19-15/h8-10H,3-7H2,1-2H3/t9-,10-/m0/s1. The van der Waals surface area contributed by atoms with Crippen molar-refractivity contribution < 1.29 is 9.53 Å². The Morgan fingerprint density at radius 3 is 2.83 bits per heavy atom. The molecular weight excluding hydrogens is 348 g/mol. The van der Waals surface area contributed by atoms with Gasteiger partial charge in [-0.15, -0.1) is 11.3 Å². The number of carbonyl (C=O) groups excluding carboxylic acids is 1. The highest BCUT2D eigenvalue weighted by molar-refractivity contribution is 7.19. The van der Waals surface area contributed by atoms with Crippen LogP contribution in [0.5, 0.6) is 0 Å². The second-order valence-corrected chi connectivity index (χ2v) is 7.89. The fourth-order valence-corrected chi connectivity index (χ4v) is 5.10. The van der Waals surface area contributed by atoms with Crippen molar-refractivity contribution in [1.82, 2.24) is 19.8 Å². The average molecular weight is 367 g/mol. The minimum absolute atomic E-state index is 0.0959. The third-order valence-corrected chi connectivity index (χ3v) is 6.16. The van der Waals surface area contributed by atoms with E-state index in [1.165, 1.54) is 16.8 Å². The second-order valence-electron chi connectivity index (χ2n) is 6.45. The summed E-state index contributed by atoms with van der Waals surface area (Å²) < 4.78 is 5.53. The zero-order valence-corrected chi connectivity index (χ0v) is 15.2. The van der Waals surface area contributed by atoms with Gasteiger partial charge in [0.1, 0.15) is 16.3 Å². The van der Waals surface area contributed by atoms with Crippen LogP contribution in [0.4, 0.5) is 4.79 Å². The summed E-state index contributed by atoms with van der Waals surface area (Å²) in [6, 6.07) is 0.300. The van der Waals surface area contributed by atoms with Crippen LogP contribution in [-0.2, 0) is 17.7 Å². The number of ether oxygens (including phenoxy) is 1. The van der Waals surface area contributed by atoms with E-state index in [-0.39, 0.29) is 18.1 Å². The zero-order chi connectivity index (χ0) is 16.8. The fourth-order valence-electron chi connectivity index (χ4n) is 3.60. The molecule has 2 aliphatic heterocycles. The van der Waals surface area contributed by atoms with E-state index in [9.17, 15) is 4.79 Å². The SMILES string of the molecule is C[C@H]1COC[C@H](C)N1C(=O)N1CCc2c(sc3ncnc(Cl)c23)C1. The molecule has 0 aromatic carbocycles. The number of hydrogen-bond acceptors (Lipinski definition) is 5. The Kier molecular flexibility index (Phi) is 4.10. The lowest BCUT2D eigenvalue weighted by molar-refractivity contribution is -0.0226. The minimum Gasteiger partial charge on any atom is -0.377 e. The maximum absolute atomic E-state index is 13.0. The number of fused-ring (bicyclic) bond motifs is 3. The Hall–Kier alpha value is -1.44. The maximum Gasteiger partial charge on any atom is 0.320 e. The van der Waals surface area contributed by atoms with Crippen LogP contribution in [0.15, 0.2) is 6.33 Å². The number of thiophene rings is 1. The van der Waals surface area contributed by atoms with Gasteiger partial charge in [-0.3, -0.25) is 0 Å². The molecule has 4 heterocycles. The van der Waals surface area contributed by atoms with Gasteiger partial charge in [-0.25, -0.2) is 14.8 Å². The van der Waals surface area contributed by atoms with Gasteiger partial charge in [0.15, 0.2) is 0 Å². The first kappa shape index (κ1) is 16.1. The fraction of sp³-hybridized carbons (Fsp3) is 0.562. The van der Waals surface area contributed by atoms with Crippen molar-refractivity contribution in [1.29, 1.82) is 0 Å². The van der Waals surface area contributed by atoms with E-state index < -0.39 is 0 Å². The van der Waals surface area contributed by atoms with Gasteiger partial charge in [0.2, 0.25) is 0 Å². The van der Waals surface area contributed by atoms with Crippen LogP contribution in [0.1, 0.15) is 24.3 Å². The predicted octanol–water partition coefficient (Wildman–Crippen LogP) is 2.93. The normalized spacial score (nSPS) is 24.3. The zero-order valence-electron chi connectivity index (χ0n) is 13.7. The lowest BCUT2D eigenvalue weighted by Crippen LogP contribution is -2.57. The van der Waals surface area contributed by atoms with Crippen LogP contribution >= 0.6 is 22.9 Å². The number of carbonyl (C=O) groups is 1. The summed E-state index contributed by atoms with van der Waals surface area (Å²) in [6.07, 6.45) is 2.29. The highest BCUT2D eigenvalue weighted by Gasteiger charge is 2.34. The van der Waals surface area contributed by atoms with E-state index in [2.05, 4.69) is 9.97 Å². The third kappa shape index (κ3) is 2.55. The van der Waals surface area contributed by atoms with Crippen LogP contribution in [0, 0.1) is 0 Å². The Bertz CT molecular complexity index is 786. The lowest BCUT2D eigenvalue weighted by Gasteiger charge is -2.42. The Balaban J connectivity index is 1.61. The van der Waals surface area contributed by atoms with E-state index in [1.54, 1.807) is 11.3 Å². The van der Waals surface area contributed by atoms with Crippen LogP contribution in [-0.4, -0.2) is 57.6 Å². The number of halogens is 1. The van der Waals surface area contributed by atoms with Crippen molar-refractivity contribution in [3.05, 3.63) is 21.9 Å². The van der Waals surface area contributed by atoms with E-state index in [0.29, 0.717) is 31.5 Å². The number of aromatic nitrogens is 2. The molecule has 2 aliphatic rings. The van der Waals surface area contributed by atoms with Gasteiger partial charge in [-0.05, 0) is 25.8 Å². The van der Waals surface area contributed by atoms with Gasteiger partial charge >= 0.3 is 6.03 Å². The molecule has 128 valence electrons. The molecule has 0 bridgehead atoms. The van der Waals surface area contributed by atoms with Crippen LogP contribution < -0.4 is 0 Å². The van der Waals surface area contributed by atoms with Crippen molar-refractivity contribution in [3.63, 3.8) is 0 Å². The molecule has 0 saturated carbocycles. The first-order valence-corrected chi connectivity index (χ1v) is 9.31. The topological polar surface area (TPSA) is 58.6 Å². The van der Waals surface area contributed by atoms with Gasteiger partial charge in [0, 0.05) is 11.4 Å². The van der Waals surface area contributed by atoms with Crippen LogP contribution in [0.3, 0.4) is 0 Å². The summed E-state index contributed by atoms with van der Waals surface area (Å²) in [5, 5.41) is 1.46. The van der Waals surface area contributed by atoms with Crippen LogP contribution in [0.2, 0.25) is 5.15 Å². The van der Waals surface area contributed by atoms with Gasteiger partial charge in [0.25, 0.3) is 0 Å². The molecular formula is C16H19ClN4O2S. The summed E-state index contributed by atoms with van der Waals surface area (Å²) in [7, 11) is 0. The number of rotatable bonds is 0. The quantitative estimate of drug-likeness (QED) is 0.673. The predicted molar refractivity (Wildman–Crippen MR) is 93.5 cm³/mol. The Labute approximate surface area is 149 Å². The first-order chi connectivity index (χ1) is 11.6. The molecule has 0 unspecified atom stereocenters. The molecule has 0 spiro atoms. The van der Waals surface area contributed by atoms with E-state index >= 15 is 0 Å². The maximum atomic E-state index is 13.0. The molecule has 6 nitrogen and oxygen atoms in total. The molecule has 2 aromatic heterocycles. The summed E-state index contributed by atoms with van der Waals surface area (Å²) in [6.45, 7) is 6.59. The molecule has 2 aromatic rings. The molecule has 0 aliphatic carbocycles. The number of hydrogen-bond donors (Lipinski definition) is 0. The largest absolute Gasteiger partial charge is 0.377 e. The van der Waals surface area contributed by atoms with E-state index in [0.717, 1.165) is 16.6 Å². The Morgan fingerprint density at radius 2 is 2.08 bits per heavy atom. The first-order valence-electron chi connectivity index (χ1n) is 8.12. The number of amides is 2. The van der Waals surface area contributed by atoms with E-state index in [4.69, 9.17) is 16.3 Å². The van der Waals surface area contributed by atoms with Crippen molar-refractivity contribution in [2.75, 3.05) is 19.8 Å². The molecule has 8 heteroatoms. The van der Waals surface area contributed by atoms with Gasteiger partial charge in [-0.1, -0.05) is 11.6 Å². The molecule has 0 N–H and O–H groups in total. The lowest BCUT2D eigenvalue weighted by atomic mass is 10.1. The number of nitrogens with zero attached hydrogens (tertiary/aromatic N) is 4. The molecule has 1 saturated heterocycles. The van der Waals surface area contributed by atoms with Crippen molar-refractivity contribution in [3.8, 4) is 0 Å². The molecule has 2 atom stereocenters. The Morgan fingerprint density at radius 1 is 1.33 bits per heavy atom. The summed E-state index contributed by atoms with van der Waals surface area (Å²) >= 11 is 7.86. The molecule has 4 rings (SSSR count). The molecule has 2 amide bonds. The van der Waals surface area contributed by atoms with Gasteiger partial charge in [0.05, 0.1) is 37.2 Å². The number of morpholine rings is 1. The van der Waals surface area contributed by atoms with Crippen LogP contribution in [0.25, 0.3) is 10.2 Å². The van der Waals surface area contributed by atoms with Gasteiger partial charge in [-0.2, -0.15) is 0 Å². The third-order valence-electron chi connectivity index (χ3n) is 4.75. The van der Waals surface area contributed by atoms with Gasteiger partial charge < -0.3 is 14.5 Å². The highest BCUT2D eigenvalue weighted by Crippen LogP contribution is 2.37. The summed E-state index contributed by atoms with van der Waals surface area (Å²) in [4.78, 5) is 27.4. The smallest absolute Gasteiger partial charge is 0.320 e. The van der Waals surface area contributed by atoms with Crippen molar-refractivity contribution in [2.45, 2.75) is 38.9 Å². The minimum atomic E-state index is 0.0959. The van der Waals surface area contributed by atoms with Crippen molar-refractivity contribution >= 4 is 39.2 Å². The molecule has 24 heavy (non-hydrogen) atoms. The van der Waals surface area contributed by atoms with Crippen molar-refractivity contribution in [2.24, 2.45) is 0 Å². The molecule has 0 radical (unpaired) electrons. The summed E-state index contributed by atoms with van der Waals surface area (Å²) in [5.74, 6) is 0. The van der Waals surface area contributed by atoms with E-state index in [1.807, 2.05) is 23.6 Å². The molecule has 1 fully saturated rings. The second kappa shape index (κ2) is 6.13. The highest BCUT2D eigenvalue weighted by atomic mass is 35.5. The monoisotopic (exact) mass is 366 g/mol. The summed E-state index contributed by atoms with van der Waals surface area (Å²) in [5.41, 5.74) is 1.20. The average Bonchev–Trinajstić information content (AvgIpc) is 2.93. The number of urea groups is 1.